The Balaban J connectivity index is 2.44. The molecular formula is C11H22FN. The molecule has 0 heterocycles. The Hall–Kier alpha value is -0.110. The first-order valence-corrected chi connectivity index (χ1v) is 5.50. The van der Waals surface area contributed by atoms with Gasteiger partial charge in [0, 0.05) is 6.04 Å². The highest BCUT2D eigenvalue weighted by Gasteiger charge is 2.35. The minimum absolute atomic E-state index is 0.0998. The van der Waals surface area contributed by atoms with Crippen LogP contribution < -0.4 is 5.73 Å². The predicted molar refractivity (Wildman–Crippen MR) is 54.4 cm³/mol. The van der Waals surface area contributed by atoms with Gasteiger partial charge in [-0.15, -0.1) is 0 Å². The summed E-state index contributed by atoms with van der Waals surface area (Å²) < 4.78 is 14.2. The predicted octanol–water partition coefficient (Wildman–Crippen LogP) is 3.03. The molecule has 1 rings (SSSR count). The van der Waals surface area contributed by atoms with Crippen molar-refractivity contribution >= 4 is 0 Å². The molecule has 0 aliphatic heterocycles. The van der Waals surface area contributed by atoms with E-state index in [0.29, 0.717) is 18.8 Å². The number of hydrogen-bond donors (Lipinski definition) is 1. The summed E-state index contributed by atoms with van der Waals surface area (Å²) in [5.41, 5.74) is 4.84. The third-order valence-electron chi connectivity index (χ3n) is 3.24. The smallest absolute Gasteiger partial charge is 0.112 e. The number of alkyl halides is 1. The van der Waals surface area contributed by atoms with E-state index >= 15 is 0 Å². The molecule has 2 N–H and O–H groups in total. The van der Waals surface area contributed by atoms with Crippen molar-refractivity contribution in [2.45, 2.75) is 64.1 Å². The minimum Gasteiger partial charge on any atom is -0.328 e. The standard InChI is InChI=1S/C11H22FN/c1-3-9(2)7-11(12)6-4-5-10(13)8-11/h9-10H,3-8,13H2,1-2H3. The molecule has 0 spiro atoms. The number of nitrogens with two attached hydrogens (primary N) is 1. The third kappa shape index (κ3) is 3.26. The molecule has 0 bridgehead atoms. The van der Waals surface area contributed by atoms with Crippen LogP contribution in [0.2, 0.25) is 0 Å². The first-order valence-electron chi connectivity index (χ1n) is 5.50. The largest absolute Gasteiger partial charge is 0.328 e. The molecule has 2 heteroatoms. The Morgan fingerprint density at radius 2 is 2.31 bits per heavy atom. The lowest BCUT2D eigenvalue weighted by atomic mass is 9.78. The van der Waals surface area contributed by atoms with Crippen LogP contribution in [0.15, 0.2) is 0 Å². The van der Waals surface area contributed by atoms with Crippen LogP contribution >= 0.6 is 0 Å². The second-order valence-electron chi connectivity index (χ2n) is 4.72. The first kappa shape index (κ1) is 11.0. The van der Waals surface area contributed by atoms with Crippen LogP contribution in [0.4, 0.5) is 4.39 Å². The van der Waals surface area contributed by atoms with Crippen LogP contribution in [0, 0.1) is 5.92 Å². The fraction of sp³-hybridized carbons (Fsp3) is 1.00. The maximum Gasteiger partial charge on any atom is 0.112 e. The Bertz CT molecular complexity index is 160. The number of hydrogen-bond acceptors (Lipinski definition) is 1. The van der Waals surface area contributed by atoms with E-state index in [-0.39, 0.29) is 6.04 Å². The van der Waals surface area contributed by atoms with E-state index in [1.807, 2.05) is 0 Å². The SMILES string of the molecule is CCC(C)CC1(F)CCCC(N)C1. The van der Waals surface area contributed by atoms with E-state index < -0.39 is 5.67 Å². The van der Waals surface area contributed by atoms with Crippen molar-refractivity contribution in [1.29, 1.82) is 0 Å². The van der Waals surface area contributed by atoms with Gasteiger partial charge in [-0.25, -0.2) is 4.39 Å². The lowest BCUT2D eigenvalue weighted by Crippen LogP contribution is -2.39. The van der Waals surface area contributed by atoms with E-state index in [9.17, 15) is 4.39 Å². The molecule has 0 saturated heterocycles. The number of halogens is 1. The van der Waals surface area contributed by atoms with Crippen LogP contribution in [0.5, 0.6) is 0 Å². The molecule has 13 heavy (non-hydrogen) atoms. The highest BCUT2D eigenvalue weighted by atomic mass is 19.1. The second-order valence-corrected chi connectivity index (χ2v) is 4.72. The molecule has 0 radical (unpaired) electrons. The van der Waals surface area contributed by atoms with Gasteiger partial charge in [0.25, 0.3) is 0 Å². The highest BCUT2D eigenvalue weighted by Crippen LogP contribution is 2.36. The Morgan fingerprint density at radius 3 is 2.85 bits per heavy atom. The summed E-state index contributed by atoms with van der Waals surface area (Å²) in [6.45, 7) is 4.25. The van der Waals surface area contributed by atoms with E-state index in [0.717, 1.165) is 25.7 Å². The average molecular weight is 187 g/mol. The van der Waals surface area contributed by atoms with Crippen molar-refractivity contribution < 1.29 is 4.39 Å². The zero-order chi connectivity index (χ0) is 9.90. The second kappa shape index (κ2) is 4.41. The molecule has 0 amide bonds. The van der Waals surface area contributed by atoms with Gasteiger partial charge in [0.2, 0.25) is 0 Å². The molecule has 1 saturated carbocycles. The molecule has 78 valence electrons. The molecule has 0 aromatic carbocycles. The van der Waals surface area contributed by atoms with Crippen molar-refractivity contribution in [3.63, 3.8) is 0 Å². The minimum atomic E-state index is -0.951. The van der Waals surface area contributed by atoms with Crippen LogP contribution in [-0.2, 0) is 0 Å². The first-order chi connectivity index (χ1) is 6.06. The molecule has 3 unspecified atom stereocenters. The quantitative estimate of drug-likeness (QED) is 0.722. The molecule has 0 aromatic heterocycles. The van der Waals surface area contributed by atoms with Crippen LogP contribution in [0.1, 0.15) is 52.4 Å². The van der Waals surface area contributed by atoms with Crippen molar-refractivity contribution in [2.24, 2.45) is 11.7 Å². The molecular weight excluding hydrogens is 165 g/mol. The summed E-state index contributed by atoms with van der Waals surface area (Å²) in [7, 11) is 0. The molecule has 1 aliphatic carbocycles. The van der Waals surface area contributed by atoms with E-state index in [1.165, 1.54) is 0 Å². The average Bonchev–Trinajstić information content (AvgIpc) is 2.02. The van der Waals surface area contributed by atoms with Gasteiger partial charge in [0.1, 0.15) is 5.67 Å². The van der Waals surface area contributed by atoms with Gasteiger partial charge in [0.15, 0.2) is 0 Å². The van der Waals surface area contributed by atoms with Crippen molar-refractivity contribution in [1.82, 2.24) is 0 Å². The summed E-state index contributed by atoms with van der Waals surface area (Å²) in [5, 5.41) is 0. The number of rotatable bonds is 3. The maximum absolute atomic E-state index is 14.2. The van der Waals surface area contributed by atoms with Crippen molar-refractivity contribution in [2.75, 3.05) is 0 Å². The lowest BCUT2D eigenvalue weighted by Gasteiger charge is -2.34. The van der Waals surface area contributed by atoms with Gasteiger partial charge in [-0.05, 0) is 38.0 Å². The Morgan fingerprint density at radius 1 is 1.62 bits per heavy atom. The maximum atomic E-state index is 14.2. The summed E-state index contributed by atoms with van der Waals surface area (Å²) in [5.74, 6) is 0.496. The molecule has 1 nitrogen and oxygen atoms in total. The van der Waals surface area contributed by atoms with Crippen molar-refractivity contribution in [3.05, 3.63) is 0 Å². The van der Waals surface area contributed by atoms with Gasteiger partial charge in [0.05, 0.1) is 0 Å². The van der Waals surface area contributed by atoms with Gasteiger partial charge >= 0.3 is 0 Å². The summed E-state index contributed by atoms with van der Waals surface area (Å²) in [6.07, 6.45) is 5.06. The molecule has 1 aliphatic rings. The summed E-state index contributed by atoms with van der Waals surface area (Å²) in [4.78, 5) is 0. The fourth-order valence-electron chi connectivity index (χ4n) is 2.31. The van der Waals surface area contributed by atoms with E-state index in [4.69, 9.17) is 5.73 Å². The monoisotopic (exact) mass is 187 g/mol. The molecule has 0 aromatic rings. The fourth-order valence-corrected chi connectivity index (χ4v) is 2.31. The summed E-state index contributed by atoms with van der Waals surface area (Å²) >= 11 is 0. The zero-order valence-corrected chi connectivity index (χ0v) is 8.85. The Kier molecular flexibility index (Phi) is 3.72. The van der Waals surface area contributed by atoms with Gasteiger partial charge in [-0.2, -0.15) is 0 Å². The summed E-state index contributed by atoms with van der Waals surface area (Å²) in [6, 6.07) is 0.0998. The van der Waals surface area contributed by atoms with Crippen LogP contribution in [0.25, 0.3) is 0 Å². The van der Waals surface area contributed by atoms with Gasteiger partial charge < -0.3 is 5.73 Å². The zero-order valence-electron chi connectivity index (χ0n) is 8.85. The lowest BCUT2D eigenvalue weighted by molar-refractivity contribution is 0.0688. The topological polar surface area (TPSA) is 26.0 Å². The van der Waals surface area contributed by atoms with Crippen molar-refractivity contribution in [3.8, 4) is 0 Å². The molecule has 1 fully saturated rings. The van der Waals surface area contributed by atoms with Crippen LogP contribution in [0.3, 0.4) is 0 Å². The van der Waals surface area contributed by atoms with Gasteiger partial charge in [-0.1, -0.05) is 20.3 Å². The van der Waals surface area contributed by atoms with Crippen LogP contribution in [-0.4, -0.2) is 11.7 Å². The Labute approximate surface area is 80.9 Å². The van der Waals surface area contributed by atoms with Gasteiger partial charge in [-0.3, -0.25) is 0 Å². The highest BCUT2D eigenvalue weighted by molar-refractivity contribution is 4.89. The molecule has 3 atom stereocenters. The third-order valence-corrected chi connectivity index (χ3v) is 3.24. The normalized spacial score (nSPS) is 37.4. The van der Waals surface area contributed by atoms with E-state index in [1.54, 1.807) is 0 Å². The van der Waals surface area contributed by atoms with E-state index in [2.05, 4.69) is 13.8 Å².